The van der Waals surface area contributed by atoms with E-state index in [1.165, 1.54) is 0 Å². The van der Waals surface area contributed by atoms with Crippen LogP contribution in [0.2, 0.25) is 0 Å². The maximum atomic E-state index is 14.3. The van der Waals surface area contributed by atoms with E-state index in [0.29, 0.717) is 25.9 Å². The lowest BCUT2D eigenvalue weighted by Crippen LogP contribution is -2.58. The summed E-state index contributed by atoms with van der Waals surface area (Å²) in [6.07, 6.45) is 0.762. The van der Waals surface area contributed by atoms with Gasteiger partial charge in [-0.1, -0.05) is 30.3 Å². The van der Waals surface area contributed by atoms with E-state index < -0.39 is 40.8 Å². The Morgan fingerprint density at radius 1 is 1.10 bits per heavy atom. The molecule has 1 spiro atoms. The molecule has 4 rings (SSSR count). The van der Waals surface area contributed by atoms with Gasteiger partial charge in [-0.15, -0.1) is 0 Å². The number of ether oxygens (including phenoxy) is 1. The summed E-state index contributed by atoms with van der Waals surface area (Å²) in [7, 11) is 0. The molecule has 0 aliphatic carbocycles. The Hall–Kier alpha value is -2.84. The number of hydrogen-bond acceptors (Lipinski definition) is 4. The highest BCUT2D eigenvalue weighted by molar-refractivity contribution is 5.97. The molecule has 1 amide bonds. The predicted octanol–water partition coefficient (Wildman–Crippen LogP) is 2.88. The van der Waals surface area contributed by atoms with Crippen molar-refractivity contribution in [1.29, 1.82) is 0 Å². The molecule has 2 aromatic carbocycles. The van der Waals surface area contributed by atoms with Crippen LogP contribution in [0.5, 0.6) is 0 Å². The maximum Gasteiger partial charge on any atom is 0.328 e. The number of rotatable bonds is 4. The Labute approximate surface area is 172 Å². The van der Waals surface area contributed by atoms with Gasteiger partial charge >= 0.3 is 5.97 Å². The summed E-state index contributed by atoms with van der Waals surface area (Å²) in [5, 5.41) is 9.61. The zero-order chi connectivity index (χ0) is 21.3. The average Bonchev–Trinajstić information content (AvgIpc) is 3.11. The van der Waals surface area contributed by atoms with Gasteiger partial charge in [0, 0.05) is 32.5 Å². The van der Waals surface area contributed by atoms with Crippen molar-refractivity contribution < 1.29 is 28.2 Å². The van der Waals surface area contributed by atoms with Crippen molar-refractivity contribution in [2.45, 2.75) is 31.2 Å². The summed E-state index contributed by atoms with van der Waals surface area (Å²) < 4.78 is 33.8. The van der Waals surface area contributed by atoms with E-state index >= 15 is 0 Å². The van der Waals surface area contributed by atoms with Crippen LogP contribution < -0.4 is 0 Å². The molecular formula is C22H22F2N2O4. The van der Waals surface area contributed by atoms with Gasteiger partial charge in [0.2, 0.25) is 0 Å². The highest BCUT2D eigenvalue weighted by Gasteiger charge is 2.54. The number of hydrogen-bond donors (Lipinski definition) is 1. The fraction of sp³-hybridized carbons (Fsp3) is 0.364. The zero-order valence-electron chi connectivity index (χ0n) is 16.3. The van der Waals surface area contributed by atoms with Crippen molar-refractivity contribution in [2.24, 2.45) is 0 Å². The van der Waals surface area contributed by atoms with Crippen molar-refractivity contribution in [3.63, 3.8) is 0 Å². The van der Waals surface area contributed by atoms with E-state index in [1.54, 1.807) is 0 Å². The molecule has 30 heavy (non-hydrogen) atoms. The Kier molecular flexibility index (Phi) is 5.53. The fourth-order valence-electron chi connectivity index (χ4n) is 4.25. The highest BCUT2D eigenvalue weighted by atomic mass is 19.1. The number of likely N-dealkylation sites (tertiary alicyclic amines) is 1. The van der Waals surface area contributed by atoms with E-state index in [2.05, 4.69) is 4.90 Å². The van der Waals surface area contributed by atoms with Crippen LogP contribution in [0.15, 0.2) is 48.5 Å². The van der Waals surface area contributed by atoms with Crippen LogP contribution in [0.25, 0.3) is 0 Å². The number of carbonyl (C=O) groups is 2. The summed E-state index contributed by atoms with van der Waals surface area (Å²) in [6, 6.07) is 11.3. The number of carboxylic acids is 1. The largest absolute Gasteiger partial charge is 0.480 e. The van der Waals surface area contributed by atoms with Crippen LogP contribution in [0.4, 0.5) is 8.78 Å². The summed E-state index contributed by atoms with van der Waals surface area (Å²) in [6.45, 7) is 1.70. The monoisotopic (exact) mass is 416 g/mol. The Morgan fingerprint density at radius 3 is 2.47 bits per heavy atom. The molecule has 158 valence electrons. The van der Waals surface area contributed by atoms with Gasteiger partial charge in [0.15, 0.2) is 6.04 Å². The second kappa shape index (κ2) is 8.12. The topological polar surface area (TPSA) is 70.1 Å². The van der Waals surface area contributed by atoms with Crippen molar-refractivity contribution in [3.8, 4) is 0 Å². The smallest absolute Gasteiger partial charge is 0.328 e. The SMILES string of the molecule is O=C(O)C1COC2(CCN(Cc3ccccc3)CC2)N1C(=O)c1cc(F)ccc1F. The van der Waals surface area contributed by atoms with Crippen LogP contribution in [-0.2, 0) is 16.1 Å². The lowest BCUT2D eigenvalue weighted by Gasteiger charge is -2.44. The van der Waals surface area contributed by atoms with Crippen molar-refractivity contribution in [1.82, 2.24) is 9.80 Å². The molecule has 2 aliphatic rings. The Bertz CT molecular complexity index is 945. The predicted molar refractivity (Wildman–Crippen MR) is 104 cm³/mol. The number of halogens is 2. The molecule has 1 unspecified atom stereocenters. The minimum Gasteiger partial charge on any atom is -0.480 e. The molecule has 1 N–H and O–H groups in total. The Morgan fingerprint density at radius 2 is 1.80 bits per heavy atom. The van der Waals surface area contributed by atoms with Crippen LogP contribution >= 0.6 is 0 Å². The summed E-state index contributed by atoms with van der Waals surface area (Å²) in [5.74, 6) is -3.76. The molecule has 2 fully saturated rings. The standard InChI is InChI=1S/C22H22F2N2O4/c23-16-6-7-18(24)17(12-16)20(27)26-19(21(28)29)14-30-22(26)8-10-25(11-9-22)13-15-4-2-1-3-5-15/h1-7,12,19H,8-11,13-14H2,(H,28,29). The zero-order valence-corrected chi connectivity index (χ0v) is 16.3. The molecular weight excluding hydrogens is 394 g/mol. The number of carbonyl (C=O) groups excluding carboxylic acids is 1. The molecule has 2 heterocycles. The number of benzene rings is 2. The van der Waals surface area contributed by atoms with E-state index in [9.17, 15) is 23.5 Å². The number of carboxylic acid groups (broad SMARTS) is 1. The molecule has 2 saturated heterocycles. The van der Waals surface area contributed by atoms with E-state index in [4.69, 9.17) is 4.74 Å². The first-order valence-electron chi connectivity index (χ1n) is 9.81. The number of piperidine rings is 1. The average molecular weight is 416 g/mol. The third kappa shape index (κ3) is 3.80. The molecule has 8 heteroatoms. The van der Waals surface area contributed by atoms with Crippen molar-refractivity contribution >= 4 is 11.9 Å². The molecule has 0 bridgehead atoms. The lowest BCUT2D eigenvalue weighted by molar-refractivity contribution is -0.144. The third-order valence-corrected chi connectivity index (χ3v) is 5.81. The fourth-order valence-corrected chi connectivity index (χ4v) is 4.25. The minimum absolute atomic E-state index is 0.184. The van der Waals surface area contributed by atoms with Gasteiger partial charge in [-0.25, -0.2) is 13.6 Å². The lowest BCUT2D eigenvalue weighted by atomic mass is 9.96. The van der Waals surface area contributed by atoms with Crippen LogP contribution in [0.3, 0.4) is 0 Å². The molecule has 6 nitrogen and oxygen atoms in total. The minimum atomic E-state index is -1.25. The summed E-state index contributed by atoms with van der Waals surface area (Å²) in [5.41, 5.74) is -0.483. The summed E-state index contributed by atoms with van der Waals surface area (Å²) in [4.78, 5) is 28.2. The van der Waals surface area contributed by atoms with Crippen LogP contribution in [0, 0.1) is 11.6 Å². The molecule has 0 saturated carbocycles. The molecule has 1 atom stereocenters. The number of nitrogens with zero attached hydrogens (tertiary/aromatic N) is 2. The van der Waals surface area contributed by atoms with Crippen LogP contribution in [-0.4, -0.2) is 58.2 Å². The quantitative estimate of drug-likeness (QED) is 0.830. The second-order valence-electron chi connectivity index (χ2n) is 7.67. The second-order valence-corrected chi connectivity index (χ2v) is 7.67. The first-order valence-corrected chi connectivity index (χ1v) is 9.81. The number of amides is 1. The van der Waals surface area contributed by atoms with Gasteiger partial charge in [-0.05, 0) is 23.8 Å². The van der Waals surface area contributed by atoms with Gasteiger partial charge in [0.1, 0.15) is 17.4 Å². The highest BCUT2D eigenvalue weighted by Crippen LogP contribution is 2.39. The van der Waals surface area contributed by atoms with Crippen LogP contribution in [0.1, 0.15) is 28.8 Å². The van der Waals surface area contributed by atoms with Crippen molar-refractivity contribution in [3.05, 3.63) is 71.3 Å². The van der Waals surface area contributed by atoms with Gasteiger partial charge in [-0.3, -0.25) is 14.6 Å². The first kappa shape index (κ1) is 20.4. The summed E-state index contributed by atoms with van der Waals surface area (Å²) >= 11 is 0. The van der Waals surface area contributed by atoms with Gasteiger partial charge < -0.3 is 9.84 Å². The molecule has 0 radical (unpaired) electrons. The Balaban J connectivity index is 1.57. The van der Waals surface area contributed by atoms with Crippen molar-refractivity contribution in [2.75, 3.05) is 19.7 Å². The van der Waals surface area contributed by atoms with Gasteiger partial charge in [0.05, 0.1) is 12.2 Å². The normalized spacial score (nSPS) is 21.1. The first-order chi connectivity index (χ1) is 14.4. The van der Waals surface area contributed by atoms with E-state index in [1.807, 2.05) is 30.3 Å². The van der Waals surface area contributed by atoms with Gasteiger partial charge in [-0.2, -0.15) is 0 Å². The van der Waals surface area contributed by atoms with E-state index in [-0.39, 0.29) is 6.61 Å². The third-order valence-electron chi connectivity index (χ3n) is 5.81. The number of aliphatic carboxylic acids is 1. The maximum absolute atomic E-state index is 14.3. The van der Waals surface area contributed by atoms with E-state index in [0.717, 1.165) is 35.2 Å². The van der Waals surface area contributed by atoms with Gasteiger partial charge in [0.25, 0.3) is 5.91 Å². The molecule has 0 aromatic heterocycles. The molecule has 2 aromatic rings. The molecule has 2 aliphatic heterocycles.